The minimum Gasteiger partial charge on any atom is -0.478 e. The van der Waals surface area contributed by atoms with E-state index in [1.807, 2.05) is 19.1 Å². The largest absolute Gasteiger partial charge is 0.478 e. The van der Waals surface area contributed by atoms with Gasteiger partial charge in [0.05, 0.1) is 12.1 Å². The van der Waals surface area contributed by atoms with E-state index in [0.29, 0.717) is 23.8 Å². The highest BCUT2D eigenvalue weighted by atomic mass is 16.4. The number of aromatic carboxylic acids is 1. The zero-order valence-corrected chi connectivity index (χ0v) is 15.6. The molecule has 4 rings (SSSR count). The Hall–Kier alpha value is -3.12. The molecule has 144 valence electrons. The molecule has 6 heteroatoms. The fourth-order valence-electron chi connectivity index (χ4n) is 3.87. The molecule has 3 aromatic rings. The first-order chi connectivity index (χ1) is 13.5. The van der Waals surface area contributed by atoms with E-state index in [1.54, 1.807) is 36.4 Å². The highest BCUT2D eigenvalue weighted by Crippen LogP contribution is 2.29. The highest BCUT2D eigenvalue weighted by Gasteiger charge is 2.25. The van der Waals surface area contributed by atoms with Crippen LogP contribution in [-0.4, -0.2) is 34.0 Å². The fourth-order valence-corrected chi connectivity index (χ4v) is 3.87. The number of aromatic nitrogens is 1. The number of rotatable bonds is 5. The monoisotopic (exact) mass is 378 g/mol. The van der Waals surface area contributed by atoms with Crippen LogP contribution in [0, 0.1) is 6.92 Å². The molecule has 1 fully saturated rings. The molecule has 1 aromatic carbocycles. The van der Waals surface area contributed by atoms with Gasteiger partial charge in [-0.25, -0.2) is 4.79 Å². The van der Waals surface area contributed by atoms with Gasteiger partial charge in [0.2, 0.25) is 0 Å². The van der Waals surface area contributed by atoms with Crippen molar-refractivity contribution in [3.05, 3.63) is 81.5 Å². The molecule has 1 atom stereocenters. The SMILES string of the molecule is Cc1cc(=O)cc(C2CCN(Cc3ccc(-c4ccccc4C(=O)O)o3)C2)[nH]1. The molecule has 2 aromatic heterocycles. The number of carbonyl (C=O) groups is 1. The summed E-state index contributed by atoms with van der Waals surface area (Å²) >= 11 is 0. The third-order valence-electron chi connectivity index (χ3n) is 5.17. The third kappa shape index (κ3) is 3.77. The van der Waals surface area contributed by atoms with E-state index in [-0.39, 0.29) is 11.0 Å². The molecule has 0 radical (unpaired) electrons. The average molecular weight is 378 g/mol. The first-order valence-corrected chi connectivity index (χ1v) is 9.34. The summed E-state index contributed by atoms with van der Waals surface area (Å²) in [6, 6.07) is 13.9. The highest BCUT2D eigenvalue weighted by molar-refractivity contribution is 5.95. The van der Waals surface area contributed by atoms with Crippen LogP contribution in [0.5, 0.6) is 0 Å². The molecule has 0 bridgehead atoms. The van der Waals surface area contributed by atoms with Gasteiger partial charge >= 0.3 is 5.97 Å². The van der Waals surface area contributed by atoms with Gasteiger partial charge in [0, 0.05) is 41.5 Å². The maximum Gasteiger partial charge on any atom is 0.336 e. The van der Waals surface area contributed by atoms with Crippen molar-refractivity contribution in [1.82, 2.24) is 9.88 Å². The average Bonchev–Trinajstić information content (AvgIpc) is 3.31. The van der Waals surface area contributed by atoms with Gasteiger partial charge in [0.25, 0.3) is 0 Å². The smallest absolute Gasteiger partial charge is 0.336 e. The van der Waals surface area contributed by atoms with Gasteiger partial charge in [0.1, 0.15) is 11.5 Å². The van der Waals surface area contributed by atoms with Crippen LogP contribution in [0.25, 0.3) is 11.3 Å². The lowest BCUT2D eigenvalue weighted by Gasteiger charge is -2.15. The van der Waals surface area contributed by atoms with Crippen LogP contribution >= 0.6 is 0 Å². The van der Waals surface area contributed by atoms with Crippen molar-refractivity contribution in [2.45, 2.75) is 25.8 Å². The number of benzene rings is 1. The Morgan fingerprint density at radius 2 is 2.07 bits per heavy atom. The standard InChI is InChI=1S/C22H22N2O4/c1-14-10-16(25)11-20(23-14)15-8-9-24(12-15)13-17-6-7-21(28-17)18-4-2-3-5-19(18)22(26)27/h2-7,10-11,15H,8-9,12-13H2,1H3,(H,23,25)(H,26,27). The van der Waals surface area contributed by atoms with Crippen molar-refractivity contribution in [3.8, 4) is 11.3 Å². The topological polar surface area (TPSA) is 86.5 Å². The number of likely N-dealkylation sites (tertiary alicyclic amines) is 1. The molecule has 0 spiro atoms. The second kappa shape index (κ2) is 7.48. The maximum absolute atomic E-state index is 11.8. The normalized spacial score (nSPS) is 17.1. The van der Waals surface area contributed by atoms with E-state index < -0.39 is 5.97 Å². The first-order valence-electron chi connectivity index (χ1n) is 9.34. The minimum absolute atomic E-state index is 0.0393. The van der Waals surface area contributed by atoms with Crippen LogP contribution in [0.1, 0.15) is 39.8 Å². The van der Waals surface area contributed by atoms with Crippen LogP contribution in [0.2, 0.25) is 0 Å². The van der Waals surface area contributed by atoms with E-state index in [9.17, 15) is 14.7 Å². The summed E-state index contributed by atoms with van der Waals surface area (Å²) < 4.78 is 5.94. The van der Waals surface area contributed by atoms with Crippen molar-refractivity contribution < 1.29 is 14.3 Å². The van der Waals surface area contributed by atoms with Gasteiger partial charge in [-0.05, 0) is 38.1 Å². The van der Waals surface area contributed by atoms with Gasteiger partial charge in [-0.15, -0.1) is 0 Å². The Bertz CT molecular complexity index is 1070. The molecular weight excluding hydrogens is 356 g/mol. The number of hydrogen-bond acceptors (Lipinski definition) is 4. The van der Waals surface area contributed by atoms with Gasteiger partial charge < -0.3 is 14.5 Å². The predicted molar refractivity (Wildman–Crippen MR) is 106 cm³/mol. The Morgan fingerprint density at radius 1 is 1.25 bits per heavy atom. The van der Waals surface area contributed by atoms with Gasteiger partial charge in [-0.3, -0.25) is 9.69 Å². The summed E-state index contributed by atoms with van der Waals surface area (Å²) in [7, 11) is 0. The van der Waals surface area contributed by atoms with Gasteiger partial charge in [-0.1, -0.05) is 18.2 Å². The number of H-pyrrole nitrogens is 1. The number of hydrogen-bond donors (Lipinski definition) is 2. The molecule has 28 heavy (non-hydrogen) atoms. The molecule has 1 saturated heterocycles. The zero-order valence-electron chi connectivity index (χ0n) is 15.6. The van der Waals surface area contributed by atoms with Gasteiger partial charge in [-0.2, -0.15) is 0 Å². The van der Waals surface area contributed by atoms with Crippen molar-refractivity contribution in [2.75, 3.05) is 13.1 Å². The van der Waals surface area contributed by atoms with Crippen molar-refractivity contribution in [3.63, 3.8) is 0 Å². The van der Waals surface area contributed by atoms with E-state index in [1.165, 1.54) is 0 Å². The molecule has 0 amide bonds. The van der Waals surface area contributed by atoms with E-state index >= 15 is 0 Å². The number of pyridine rings is 1. The third-order valence-corrected chi connectivity index (χ3v) is 5.17. The van der Waals surface area contributed by atoms with E-state index in [0.717, 1.165) is 36.7 Å². The molecule has 1 unspecified atom stereocenters. The Kier molecular flexibility index (Phi) is 4.88. The number of aromatic amines is 1. The van der Waals surface area contributed by atoms with Crippen LogP contribution < -0.4 is 5.43 Å². The van der Waals surface area contributed by atoms with Gasteiger partial charge in [0.15, 0.2) is 5.43 Å². The van der Waals surface area contributed by atoms with Crippen LogP contribution in [0.4, 0.5) is 0 Å². The molecule has 6 nitrogen and oxygen atoms in total. The number of carboxylic acids is 1. The molecule has 1 aliphatic rings. The summed E-state index contributed by atoms with van der Waals surface area (Å²) in [4.78, 5) is 28.8. The predicted octanol–water partition coefficient (Wildman–Crippen LogP) is 3.63. The molecule has 0 saturated carbocycles. The van der Waals surface area contributed by atoms with Crippen molar-refractivity contribution >= 4 is 5.97 Å². The first kappa shape index (κ1) is 18.3. The van der Waals surface area contributed by atoms with Crippen LogP contribution in [-0.2, 0) is 6.54 Å². The summed E-state index contributed by atoms with van der Waals surface area (Å²) in [6.45, 7) is 4.32. The number of furan rings is 1. The molecule has 3 heterocycles. The van der Waals surface area contributed by atoms with Crippen LogP contribution in [0.3, 0.4) is 0 Å². The van der Waals surface area contributed by atoms with Crippen molar-refractivity contribution in [2.24, 2.45) is 0 Å². The van der Waals surface area contributed by atoms with Crippen molar-refractivity contribution in [1.29, 1.82) is 0 Å². The number of aryl methyl sites for hydroxylation is 1. The maximum atomic E-state index is 11.8. The summed E-state index contributed by atoms with van der Waals surface area (Å²) in [5.74, 6) is 0.693. The lowest BCUT2D eigenvalue weighted by molar-refractivity contribution is 0.0697. The molecule has 1 aliphatic heterocycles. The minimum atomic E-state index is -0.969. The van der Waals surface area contributed by atoms with E-state index in [4.69, 9.17) is 4.42 Å². The molecule has 2 N–H and O–H groups in total. The number of nitrogens with zero attached hydrogens (tertiary/aromatic N) is 1. The zero-order chi connectivity index (χ0) is 19.7. The summed E-state index contributed by atoms with van der Waals surface area (Å²) in [5, 5.41) is 9.36. The number of nitrogens with one attached hydrogen (secondary N) is 1. The lowest BCUT2D eigenvalue weighted by Crippen LogP contribution is -2.20. The lowest BCUT2D eigenvalue weighted by atomic mass is 10.0. The fraction of sp³-hybridized carbons (Fsp3) is 0.273. The van der Waals surface area contributed by atoms with Crippen LogP contribution in [0.15, 0.2) is 57.7 Å². The summed E-state index contributed by atoms with van der Waals surface area (Å²) in [6.07, 6.45) is 0.981. The Morgan fingerprint density at radius 3 is 2.86 bits per heavy atom. The molecular formula is C22H22N2O4. The second-order valence-electron chi connectivity index (χ2n) is 7.29. The second-order valence-corrected chi connectivity index (χ2v) is 7.29. The Labute approximate surface area is 162 Å². The summed E-state index contributed by atoms with van der Waals surface area (Å²) in [5.41, 5.74) is 2.72. The quantitative estimate of drug-likeness (QED) is 0.708. The Balaban J connectivity index is 1.47. The van der Waals surface area contributed by atoms with E-state index in [2.05, 4.69) is 9.88 Å². The number of carboxylic acid groups (broad SMARTS) is 1. The molecule has 0 aliphatic carbocycles.